The predicted molar refractivity (Wildman–Crippen MR) is 140 cm³/mol. The lowest BCUT2D eigenvalue weighted by molar-refractivity contribution is -0.131. The molecule has 34 heavy (non-hydrogen) atoms. The van der Waals surface area contributed by atoms with E-state index in [4.69, 9.17) is 9.47 Å². The van der Waals surface area contributed by atoms with E-state index in [1.165, 1.54) is 12.1 Å². The van der Waals surface area contributed by atoms with Crippen molar-refractivity contribution in [2.75, 3.05) is 11.6 Å². The summed E-state index contributed by atoms with van der Waals surface area (Å²) in [5, 5.41) is 22.4. The normalized spacial score (nSPS) is 12.6. The van der Waals surface area contributed by atoms with E-state index in [9.17, 15) is 19.8 Å². The van der Waals surface area contributed by atoms with Gasteiger partial charge in [-0.05, 0) is 89.5 Å². The van der Waals surface area contributed by atoms with Crippen molar-refractivity contribution in [2.45, 2.75) is 17.1 Å². The number of carbonyl (C=O) groups is 2. The van der Waals surface area contributed by atoms with Crippen LogP contribution in [0.1, 0.15) is 11.7 Å². The van der Waals surface area contributed by atoms with Crippen molar-refractivity contribution in [1.82, 2.24) is 0 Å². The Morgan fingerprint density at radius 2 is 1.76 bits per heavy atom. The van der Waals surface area contributed by atoms with E-state index in [-0.39, 0.29) is 11.3 Å². The molecule has 0 aliphatic carbocycles. The lowest BCUT2D eigenvalue weighted by Gasteiger charge is -2.27. The Hall–Kier alpha value is -3.18. The Morgan fingerprint density at radius 1 is 1.06 bits per heavy atom. The second kappa shape index (κ2) is 12.3. The molecule has 3 N–H and O–H groups in total. The van der Waals surface area contributed by atoms with Crippen LogP contribution in [0.25, 0.3) is 0 Å². The average molecular weight is 591 g/mol. The maximum absolute atomic E-state index is 12.8. The molecule has 9 heteroatoms. The zero-order valence-corrected chi connectivity index (χ0v) is 21.0. The van der Waals surface area contributed by atoms with Gasteiger partial charge in [-0.15, -0.1) is 11.8 Å². The molecule has 0 saturated heterocycles. The smallest absolute Gasteiger partial charge is 0.412 e. The number of nitrogens with one attached hydrogen (secondary N) is 1. The number of halogens is 1. The maximum Gasteiger partial charge on any atom is 0.412 e. The van der Waals surface area contributed by atoms with Crippen LogP contribution in [0.4, 0.5) is 10.5 Å². The number of hydrogen-bond acceptors (Lipinski definition) is 6. The quantitative estimate of drug-likeness (QED) is 0.157. The van der Waals surface area contributed by atoms with Gasteiger partial charge in [0.05, 0.1) is 0 Å². The summed E-state index contributed by atoms with van der Waals surface area (Å²) in [6.45, 7) is 0. The second-order valence-corrected chi connectivity index (χ2v) is 9.10. The number of anilines is 1. The van der Waals surface area contributed by atoms with E-state index < -0.39 is 24.3 Å². The van der Waals surface area contributed by atoms with E-state index in [2.05, 4.69) is 27.9 Å². The number of phenolic OH excluding ortho intramolecular Hbond substituents is 1. The zero-order chi connectivity index (χ0) is 24.5. The van der Waals surface area contributed by atoms with Gasteiger partial charge in [0.1, 0.15) is 11.5 Å². The van der Waals surface area contributed by atoms with E-state index in [0.29, 0.717) is 11.4 Å². The van der Waals surface area contributed by atoms with Gasteiger partial charge in [0.25, 0.3) is 0 Å². The Kier molecular flexibility index (Phi) is 9.23. The molecule has 0 bridgehead atoms. The molecule has 3 aromatic rings. The Morgan fingerprint density at radius 3 is 2.41 bits per heavy atom. The maximum atomic E-state index is 12.8. The first-order valence-electron chi connectivity index (χ1n) is 10.1. The standard InChI is InChI=1S/C25H22INO6S/c1-34-19-10-8-17(9-11-19)27-25(31)33-24(20-15-16(26)7-12-21(20)28)22(13-14-23(29)30)32-18-5-3-2-4-6-18/h2-15,22,24,28H,1H3,(H,27,31)(H,29,30)/b14-13+/t22-,24-/m0/s1. The van der Waals surface area contributed by atoms with Gasteiger partial charge >= 0.3 is 12.1 Å². The minimum Gasteiger partial charge on any atom is -0.508 e. The van der Waals surface area contributed by atoms with Crippen LogP contribution in [0, 0.1) is 3.57 Å². The number of rotatable bonds is 9. The number of thioether (sulfide) groups is 1. The molecule has 0 saturated carbocycles. The lowest BCUT2D eigenvalue weighted by Crippen LogP contribution is -2.30. The van der Waals surface area contributed by atoms with Gasteiger partial charge in [0, 0.05) is 25.8 Å². The molecular formula is C25H22INO6S. The van der Waals surface area contributed by atoms with Crippen molar-refractivity contribution in [1.29, 1.82) is 0 Å². The van der Waals surface area contributed by atoms with Gasteiger partial charge in [0.15, 0.2) is 12.2 Å². The number of ether oxygens (including phenoxy) is 2. The van der Waals surface area contributed by atoms with Crippen LogP contribution < -0.4 is 10.1 Å². The Labute approximate surface area is 214 Å². The SMILES string of the molecule is CSc1ccc(NC(=O)O[C@@H](c2cc(I)ccc2O)[C@H](/C=C/C(=O)O)Oc2ccccc2)cc1. The number of para-hydroxylation sites is 1. The molecule has 3 rings (SSSR count). The number of aliphatic carboxylic acids is 1. The van der Waals surface area contributed by atoms with Crippen LogP contribution >= 0.6 is 34.4 Å². The summed E-state index contributed by atoms with van der Waals surface area (Å²) in [6.07, 6.45) is 1.15. The summed E-state index contributed by atoms with van der Waals surface area (Å²) >= 11 is 3.65. The number of carboxylic acid groups (broad SMARTS) is 1. The molecular weight excluding hydrogens is 569 g/mol. The van der Waals surface area contributed by atoms with Crippen molar-refractivity contribution in [2.24, 2.45) is 0 Å². The summed E-state index contributed by atoms with van der Waals surface area (Å²) in [5.41, 5.74) is 0.797. The largest absolute Gasteiger partial charge is 0.508 e. The highest BCUT2D eigenvalue weighted by molar-refractivity contribution is 14.1. The van der Waals surface area contributed by atoms with Gasteiger partial charge in [0.2, 0.25) is 0 Å². The summed E-state index contributed by atoms with van der Waals surface area (Å²) in [6, 6.07) is 20.8. The number of aromatic hydroxyl groups is 1. The van der Waals surface area contributed by atoms with Crippen LogP contribution in [-0.4, -0.2) is 34.6 Å². The van der Waals surface area contributed by atoms with Gasteiger partial charge in [-0.1, -0.05) is 18.2 Å². The van der Waals surface area contributed by atoms with E-state index >= 15 is 0 Å². The van der Waals surface area contributed by atoms with E-state index in [1.807, 2.05) is 24.5 Å². The van der Waals surface area contributed by atoms with Crippen LogP contribution in [0.15, 0.2) is 89.8 Å². The summed E-state index contributed by atoms with van der Waals surface area (Å²) < 4.78 is 12.5. The molecule has 0 unspecified atom stereocenters. The van der Waals surface area contributed by atoms with Crippen LogP contribution in [-0.2, 0) is 9.53 Å². The lowest BCUT2D eigenvalue weighted by atomic mass is 10.0. The molecule has 3 aromatic carbocycles. The minimum atomic E-state index is -1.19. The van der Waals surface area contributed by atoms with Crippen molar-refractivity contribution in [3.05, 3.63) is 94.1 Å². The van der Waals surface area contributed by atoms with Crippen molar-refractivity contribution in [3.8, 4) is 11.5 Å². The first-order chi connectivity index (χ1) is 16.4. The molecule has 0 radical (unpaired) electrons. The number of carbonyl (C=O) groups excluding carboxylic acids is 1. The third-order valence-corrected chi connectivity index (χ3v) is 6.02. The third-order valence-electron chi connectivity index (χ3n) is 4.61. The summed E-state index contributed by atoms with van der Waals surface area (Å²) in [5.74, 6) is -0.868. The molecule has 0 aliphatic rings. The number of phenols is 1. The molecule has 176 valence electrons. The fraction of sp³-hybridized carbons (Fsp3) is 0.120. The van der Waals surface area contributed by atoms with E-state index in [0.717, 1.165) is 14.5 Å². The fourth-order valence-corrected chi connectivity index (χ4v) is 3.96. The minimum absolute atomic E-state index is 0.118. The third kappa shape index (κ3) is 7.42. The number of carboxylic acids is 1. The van der Waals surface area contributed by atoms with Gasteiger partial charge in [-0.25, -0.2) is 9.59 Å². The summed E-state index contributed by atoms with van der Waals surface area (Å²) in [4.78, 5) is 25.1. The van der Waals surface area contributed by atoms with Gasteiger partial charge < -0.3 is 19.7 Å². The van der Waals surface area contributed by atoms with Gasteiger partial charge in [-0.3, -0.25) is 5.32 Å². The molecule has 0 aromatic heterocycles. The van der Waals surface area contributed by atoms with Crippen LogP contribution in [0.3, 0.4) is 0 Å². The zero-order valence-electron chi connectivity index (χ0n) is 18.1. The molecule has 0 fully saturated rings. The first kappa shape index (κ1) is 25.4. The first-order valence-corrected chi connectivity index (χ1v) is 12.4. The number of hydrogen-bond donors (Lipinski definition) is 3. The molecule has 0 spiro atoms. The van der Waals surface area contributed by atoms with Crippen LogP contribution in [0.5, 0.6) is 11.5 Å². The molecule has 1 amide bonds. The van der Waals surface area contributed by atoms with Gasteiger partial charge in [-0.2, -0.15) is 0 Å². The van der Waals surface area contributed by atoms with E-state index in [1.54, 1.807) is 60.3 Å². The highest BCUT2D eigenvalue weighted by Crippen LogP contribution is 2.34. The van der Waals surface area contributed by atoms with Crippen LogP contribution in [0.2, 0.25) is 0 Å². The Bertz CT molecular complexity index is 1150. The highest BCUT2D eigenvalue weighted by atomic mass is 127. The topological polar surface area (TPSA) is 105 Å². The molecule has 0 aliphatic heterocycles. The molecule has 0 heterocycles. The molecule has 2 atom stereocenters. The highest BCUT2D eigenvalue weighted by Gasteiger charge is 2.30. The van der Waals surface area contributed by atoms with Crippen molar-refractivity contribution in [3.63, 3.8) is 0 Å². The number of amides is 1. The fourth-order valence-electron chi connectivity index (χ4n) is 3.03. The number of benzene rings is 3. The summed E-state index contributed by atoms with van der Waals surface area (Å²) in [7, 11) is 0. The monoisotopic (exact) mass is 591 g/mol. The molecule has 7 nitrogen and oxygen atoms in total. The predicted octanol–water partition coefficient (Wildman–Crippen LogP) is 6.10. The Balaban J connectivity index is 1.95. The second-order valence-electron chi connectivity index (χ2n) is 6.98. The van der Waals surface area contributed by atoms with Crippen molar-refractivity contribution >= 4 is 52.1 Å². The van der Waals surface area contributed by atoms with Crippen molar-refractivity contribution < 1.29 is 29.3 Å². The average Bonchev–Trinajstić information content (AvgIpc) is 2.83.